The van der Waals surface area contributed by atoms with Gasteiger partial charge in [0.05, 0.1) is 5.56 Å². The second-order valence-corrected chi connectivity index (χ2v) is 6.36. The summed E-state index contributed by atoms with van der Waals surface area (Å²) >= 11 is 3.01. The van der Waals surface area contributed by atoms with E-state index in [0.29, 0.717) is 5.82 Å². The number of hydrogen-bond donors (Lipinski definition) is 1. The Morgan fingerprint density at radius 2 is 2.05 bits per heavy atom. The van der Waals surface area contributed by atoms with E-state index >= 15 is 0 Å². The van der Waals surface area contributed by atoms with Crippen LogP contribution in [0.4, 0.5) is 10.8 Å². The molecule has 7 heteroatoms. The third-order valence-electron chi connectivity index (χ3n) is 3.05. The monoisotopic (exact) mass is 317 g/mol. The predicted octanol–water partition coefficient (Wildman–Crippen LogP) is 3.19. The van der Waals surface area contributed by atoms with Crippen molar-refractivity contribution < 1.29 is 0 Å². The van der Waals surface area contributed by atoms with E-state index in [2.05, 4.69) is 19.2 Å². The molecule has 0 aliphatic heterocycles. The largest absolute Gasteiger partial charge is 0.382 e. The van der Waals surface area contributed by atoms with E-state index < -0.39 is 0 Å². The van der Waals surface area contributed by atoms with Gasteiger partial charge in [0, 0.05) is 37.1 Å². The average Bonchev–Trinajstić information content (AvgIpc) is 3.05. The first-order valence-electron chi connectivity index (χ1n) is 6.43. The van der Waals surface area contributed by atoms with Crippen LogP contribution in [0.3, 0.4) is 0 Å². The Morgan fingerprint density at radius 1 is 1.29 bits per heavy atom. The van der Waals surface area contributed by atoms with Crippen molar-refractivity contribution in [3.63, 3.8) is 0 Å². The zero-order valence-electron chi connectivity index (χ0n) is 11.8. The molecule has 0 unspecified atom stereocenters. The van der Waals surface area contributed by atoms with Crippen LogP contribution in [0.1, 0.15) is 11.3 Å². The highest BCUT2D eigenvalue weighted by Crippen LogP contribution is 2.40. The number of aromatic nitrogens is 3. The quantitative estimate of drug-likeness (QED) is 0.800. The van der Waals surface area contributed by atoms with Crippen molar-refractivity contribution in [3.8, 4) is 10.6 Å². The molecule has 21 heavy (non-hydrogen) atoms. The van der Waals surface area contributed by atoms with Crippen molar-refractivity contribution in [2.45, 2.75) is 13.5 Å². The molecule has 3 rings (SSSR count). The van der Waals surface area contributed by atoms with E-state index in [1.165, 1.54) is 17.1 Å². The first kappa shape index (κ1) is 14.0. The number of thiazole rings is 1. The molecule has 0 bridgehead atoms. The summed E-state index contributed by atoms with van der Waals surface area (Å²) in [6, 6.07) is 4.02. The van der Waals surface area contributed by atoms with Crippen LogP contribution in [0.25, 0.3) is 10.6 Å². The minimum atomic E-state index is 0.547. The Morgan fingerprint density at radius 3 is 2.71 bits per heavy atom. The molecule has 0 aliphatic rings. The molecule has 0 atom stereocenters. The molecular weight excluding hydrogens is 302 g/mol. The van der Waals surface area contributed by atoms with Crippen LogP contribution in [0.5, 0.6) is 0 Å². The van der Waals surface area contributed by atoms with E-state index in [-0.39, 0.29) is 0 Å². The number of nitrogens with zero attached hydrogens (tertiary/aromatic N) is 4. The molecule has 0 saturated heterocycles. The van der Waals surface area contributed by atoms with Crippen molar-refractivity contribution in [1.29, 1.82) is 0 Å². The highest BCUT2D eigenvalue weighted by molar-refractivity contribution is 7.15. The van der Waals surface area contributed by atoms with Crippen molar-refractivity contribution in [1.82, 2.24) is 14.3 Å². The fourth-order valence-electron chi connectivity index (χ4n) is 2.06. The van der Waals surface area contributed by atoms with Gasteiger partial charge in [-0.15, -0.1) is 11.3 Å². The Balaban J connectivity index is 1.92. The Kier molecular flexibility index (Phi) is 3.85. The first-order chi connectivity index (χ1) is 10.1. The number of rotatable bonds is 4. The minimum Gasteiger partial charge on any atom is -0.382 e. The molecule has 0 radical (unpaired) electrons. The van der Waals surface area contributed by atoms with Gasteiger partial charge in [0.15, 0.2) is 0 Å². The van der Waals surface area contributed by atoms with Gasteiger partial charge in [0.2, 0.25) is 0 Å². The van der Waals surface area contributed by atoms with Gasteiger partial charge in [-0.05, 0) is 36.2 Å². The molecule has 0 fully saturated rings. The third-order valence-corrected chi connectivity index (χ3v) is 5.00. The summed E-state index contributed by atoms with van der Waals surface area (Å²) in [7, 11) is 2.04. The van der Waals surface area contributed by atoms with Gasteiger partial charge in [0.25, 0.3) is 0 Å². The summed E-state index contributed by atoms with van der Waals surface area (Å²) < 4.78 is 4.30. The van der Waals surface area contributed by atoms with Crippen molar-refractivity contribution >= 4 is 33.7 Å². The fraction of sp³-hybridized carbons (Fsp3) is 0.214. The Hall–Kier alpha value is -1.99. The lowest BCUT2D eigenvalue weighted by molar-refractivity contribution is 0.932. The maximum atomic E-state index is 6.04. The summed E-state index contributed by atoms with van der Waals surface area (Å²) in [4.78, 5) is 10.7. The van der Waals surface area contributed by atoms with Gasteiger partial charge in [-0.25, -0.2) is 4.98 Å². The van der Waals surface area contributed by atoms with E-state index in [1.807, 2.05) is 31.5 Å². The second-order valence-electron chi connectivity index (χ2n) is 4.75. The van der Waals surface area contributed by atoms with E-state index in [9.17, 15) is 0 Å². The zero-order chi connectivity index (χ0) is 14.8. The topological polar surface area (TPSA) is 67.9 Å². The second kappa shape index (κ2) is 5.79. The molecule has 0 saturated carbocycles. The molecule has 108 valence electrons. The highest BCUT2D eigenvalue weighted by atomic mass is 32.1. The fourth-order valence-corrected chi connectivity index (χ4v) is 3.75. The number of pyridine rings is 1. The van der Waals surface area contributed by atoms with Gasteiger partial charge < -0.3 is 10.6 Å². The number of aryl methyl sites for hydroxylation is 1. The molecule has 0 amide bonds. The molecule has 3 heterocycles. The summed E-state index contributed by atoms with van der Waals surface area (Å²) in [5.74, 6) is 0.547. The lowest BCUT2D eigenvalue weighted by Gasteiger charge is -2.18. The maximum absolute atomic E-state index is 6.04. The molecule has 5 nitrogen and oxygen atoms in total. The highest BCUT2D eigenvalue weighted by Gasteiger charge is 2.19. The number of anilines is 2. The van der Waals surface area contributed by atoms with Crippen molar-refractivity contribution in [3.05, 3.63) is 41.2 Å². The molecule has 0 spiro atoms. The lowest BCUT2D eigenvalue weighted by Crippen LogP contribution is -2.15. The van der Waals surface area contributed by atoms with Crippen LogP contribution >= 0.6 is 22.9 Å². The molecule has 2 N–H and O–H groups in total. The van der Waals surface area contributed by atoms with E-state index in [1.54, 1.807) is 23.7 Å². The molecule has 0 aliphatic carbocycles. The summed E-state index contributed by atoms with van der Waals surface area (Å²) in [5, 5.41) is 3.99. The number of hydrogen-bond acceptors (Lipinski definition) is 7. The maximum Gasteiger partial charge on any atom is 0.149 e. The summed E-state index contributed by atoms with van der Waals surface area (Å²) in [5.41, 5.74) is 9.18. The molecule has 3 aromatic rings. The molecule has 0 aromatic carbocycles. The van der Waals surface area contributed by atoms with Crippen LogP contribution in [0.15, 0.2) is 29.9 Å². The van der Waals surface area contributed by atoms with Gasteiger partial charge >= 0.3 is 0 Å². The number of nitrogen functional groups attached to an aromatic ring is 1. The SMILES string of the molecule is Cc1csc(-c2c(N)nsc2N(C)Cc2ccncc2)n1. The normalized spacial score (nSPS) is 10.8. The standard InChI is InChI=1S/C14H15N5S2/c1-9-8-20-13(17-9)11-12(15)18-21-14(11)19(2)7-10-3-5-16-6-4-10/h3-6,8H,7H2,1-2H3,(H2,15,18). The van der Waals surface area contributed by atoms with Gasteiger partial charge in [-0.1, -0.05) is 0 Å². The van der Waals surface area contributed by atoms with Crippen molar-refractivity contribution in [2.24, 2.45) is 0 Å². The first-order valence-corrected chi connectivity index (χ1v) is 8.08. The van der Waals surface area contributed by atoms with E-state index in [4.69, 9.17) is 5.73 Å². The van der Waals surface area contributed by atoms with Crippen LogP contribution in [0, 0.1) is 6.92 Å². The minimum absolute atomic E-state index is 0.547. The molecule has 3 aromatic heterocycles. The summed E-state index contributed by atoms with van der Waals surface area (Å²) in [6.07, 6.45) is 3.60. The summed E-state index contributed by atoms with van der Waals surface area (Å²) in [6.45, 7) is 2.76. The van der Waals surface area contributed by atoms with Crippen molar-refractivity contribution in [2.75, 3.05) is 17.7 Å². The van der Waals surface area contributed by atoms with Crippen LogP contribution in [-0.4, -0.2) is 21.4 Å². The average molecular weight is 317 g/mol. The number of nitrogens with two attached hydrogens (primary N) is 1. The van der Waals surface area contributed by atoms with E-state index in [0.717, 1.165) is 27.8 Å². The Labute approximate surface area is 131 Å². The third kappa shape index (κ3) is 2.88. The Bertz CT molecular complexity index is 735. The predicted molar refractivity (Wildman–Crippen MR) is 88.7 cm³/mol. The zero-order valence-corrected chi connectivity index (χ0v) is 13.4. The van der Waals surface area contributed by atoms with Crippen LogP contribution in [-0.2, 0) is 6.54 Å². The van der Waals surface area contributed by atoms with Gasteiger partial charge in [-0.2, -0.15) is 4.37 Å². The lowest BCUT2D eigenvalue weighted by atomic mass is 10.2. The van der Waals surface area contributed by atoms with Gasteiger partial charge in [0.1, 0.15) is 15.8 Å². The van der Waals surface area contributed by atoms with Crippen LogP contribution in [0.2, 0.25) is 0 Å². The molecular formula is C14H15N5S2. The van der Waals surface area contributed by atoms with Crippen LogP contribution < -0.4 is 10.6 Å². The van der Waals surface area contributed by atoms with Gasteiger partial charge in [-0.3, -0.25) is 4.98 Å². The smallest absolute Gasteiger partial charge is 0.149 e.